The van der Waals surface area contributed by atoms with E-state index in [1.54, 1.807) is 24.5 Å². The van der Waals surface area contributed by atoms with E-state index in [0.29, 0.717) is 5.56 Å². The van der Waals surface area contributed by atoms with Crippen molar-refractivity contribution >= 4 is 33.2 Å². The number of thiophene rings is 1. The second-order valence-corrected chi connectivity index (χ2v) is 5.46. The van der Waals surface area contributed by atoms with Crippen LogP contribution in [0, 0.1) is 0 Å². The molecule has 18 heavy (non-hydrogen) atoms. The summed E-state index contributed by atoms with van der Waals surface area (Å²) in [4.78, 5) is 18.0. The Labute approximate surface area is 118 Å². The van der Waals surface area contributed by atoms with Crippen molar-refractivity contribution in [2.75, 3.05) is 14.2 Å². The second-order valence-electron chi connectivity index (χ2n) is 3.66. The highest BCUT2D eigenvalue weighted by Gasteiger charge is 2.14. The van der Waals surface area contributed by atoms with E-state index in [0.717, 1.165) is 14.9 Å². The summed E-state index contributed by atoms with van der Waals surface area (Å²) in [7, 11) is 3.06. The van der Waals surface area contributed by atoms with Gasteiger partial charge in [0.15, 0.2) is 0 Å². The van der Waals surface area contributed by atoms with Gasteiger partial charge in [-0.25, -0.2) is 5.06 Å². The molecule has 0 saturated carbocycles. The molecular formula is C13H12BrNO2S. The van der Waals surface area contributed by atoms with Crippen molar-refractivity contribution in [2.24, 2.45) is 0 Å². The van der Waals surface area contributed by atoms with E-state index < -0.39 is 0 Å². The molecule has 0 aliphatic carbocycles. The predicted octanol–water partition coefficient (Wildman–Crippen LogP) is 3.81. The first kappa shape index (κ1) is 13.3. The minimum Gasteiger partial charge on any atom is -0.274 e. The molecule has 2 rings (SSSR count). The summed E-state index contributed by atoms with van der Waals surface area (Å²) in [6.07, 6.45) is 0. The average Bonchev–Trinajstić information content (AvgIpc) is 2.91. The molecule has 0 saturated heterocycles. The minimum absolute atomic E-state index is 0.164. The molecule has 0 N–H and O–H groups in total. The van der Waals surface area contributed by atoms with Crippen molar-refractivity contribution < 1.29 is 9.63 Å². The Morgan fingerprint density at radius 2 is 2.17 bits per heavy atom. The highest BCUT2D eigenvalue weighted by atomic mass is 79.9. The van der Waals surface area contributed by atoms with Gasteiger partial charge >= 0.3 is 0 Å². The Hall–Kier alpha value is -1.17. The number of hydrogen-bond acceptors (Lipinski definition) is 3. The summed E-state index contributed by atoms with van der Waals surface area (Å²) in [5.74, 6) is -0.164. The van der Waals surface area contributed by atoms with Crippen LogP contribution in [0.2, 0.25) is 0 Å². The largest absolute Gasteiger partial charge is 0.277 e. The van der Waals surface area contributed by atoms with Gasteiger partial charge in [0.1, 0.15) is 0 Å². The van der Waals surface area contributed by atoms with E-state index in [-0.39, 0.29) is 5.91 Å². The van der Waals surface area contributed by atoms with Crippen LogP contribution in [0.1, 0.15) is 10.4 Å². The molecular weight excluding hydrogens is 314 g/mol. The summed E-state index contributed by atoms with van der Waals surface area (Å²) in [5.41, 5.74) is 1.62. The molecule has 94 valence electrons. The van der Waals surface area contributed by atoms with Crippen LogP contribution in [0.15, 0.2) is 40.2 Å². The molecule has 0 fully saturated rings. The Morgan fingerprint density at radius 3 is 2.78 bits per heavy atom. The molecule has 0 aliphatic rings. The third-order valence-corrected chi connectivity index (χ3v) is 4.15. The quantitative estimate of drug-likeness (QED) is 0.803. The fourth-order valence-electron chi connectivity index (χ4n) is 1.54. The van der Waals surface area contributed by atoms with Gasteiger partial charge in [-0.05, 0) is 29.6 Å². The van der Waals surface area contributed by atoms with Gasteiger partial charge in [-0.15, -0.1) is 11.3 Å². The summed E-state index contributed by atoms with van der Waals surface area (Å²) < 4.78 is 0.974. The molecule has 1 amide bonds. The van der Waals surface area contributed by atoms with Gasteiger partial charge in [-0.2, -0.15) is 0 Å². The number of hydroxylamine groups is 2. The van der Waals surface area contributed by atoms with Gasteiger partial charge in [-0.1, -0.05) is 22.0 Å². The average molecular weight is 326 g/mol. The van der Waals surface area contributed by atoms with E-state index in [4.69, 9.17) is 4.84 Å². The molecule has 0 spiro atoms. The van der Waals surface area contributed by atoms with E-state index in [2.05, 4.69) is 15.9 Å². The van der Waals surface area contributed by atoms with Crippen LogP contribution in [-0.4, -0.2) is 25.1 Å². The number of benzene rings is 1. The maximum atomic E-state index is 12.0. The van der Waals surface area contributed by atoms with Gasteiger partial charge in [0.2, 0.25) is 0 Å². The lowest BCUT2D eigenvalue weighted by atomic mass is 10.1. The van der Waals surface area contributed by atoms with Gasteiger partial charge in [0.25, 0.3) is 5.91 Å². The van der Waals surface area contributed by atoms with Crippen LogP contribution in [0.4, 0.5) is 0 Å². The Balaban J connectivity index is 2.41. The van der Waals surface area contributed by atoms with Crippen molar-refractivity contribution in [3.63, 3.8) is 0 Å². The Bertz CT molecular complexity index is 554. The van der Waals surface area contributed by atoms with Gasteiger partial charge in [0.05, 0.1) is 7.11 Å². The van der Waals surface area contributed by atoms with Crippen molar-refractivity contribution in [1.29, 1.82) is 0 Å². The lowest BCUT2D eigenvalue weighted by Gasteiger charge is -2.14. The topological polar surface area (TPSA) is 29.5 Å². The zero-order valence-electron chi connectivity index (χ0n) is 10.0. The van der Waals surface area contributed by atoms with Crippen LogP contribution in [0.3, 0.4) is 0 Å². The monoisotopic (exact) mass is 325 g/mol. The number of nitrogens with zero attached hydrogens (tertiary/aromatic N) is 1. The molecule has 2 aromatic rings. The molecule has 1 heterocycles. The molecule has 0 aliphatic heterocycles. The standard InChI is InChI=1S/C13H12BrNO2S/c1-15(17-2)13(16)9-5-6-11(14)10(8-9)12-4-3-7-18-12/h3-8H,1-2H3. The highest BCUT2D eigenvalue weighted by Crippen LogP contribution is 2.32. The highest BCUT2D eigenvalue weighted by molar-refractivity contribution is 9.10. The van der Waals surface area contributed by atoms with Crippen LogP contribution in [0.25, 0.3) is 10.4 Å². The van der Waals surface area contributed by atoms with Gasteiger partial charge in [-0.3, -0.25) is 9.63 Å². The number of carbonyl (C=O) groups is 1. The third-order valence-electron chi connectivity index (χ3n) is 2.56. The maximum absolute atomic E-state index is 12.0. The maximum Gasteiger partial charge on any atom is 0.277 e. The molecule has 1 aromatic heterocycles. The normalized spacial score (nSPS) is 10.4. The SMILES string of the molecule is CON(C)C(=O)c1ccc(Br)c(-c2cccs2)c1. The first-order valence-corrected chi connectivity index (χ1v) is 6.96. The summed E-state index contributed by atoms with van der Waals surface area (Å²) in [6.45, 7) is 0. The molecule has 0 bridgehead atoms. The molecule has 0 radical (unpaired) electrons. The lowest BCUT2D eigenvalue weighted by Crippen LogP contribution is -2.25. The van der Waals surface area contributed by atoms with Crippen LogP contribution in [0.5, 0.6) is 0 Å². The summed E-state index contributed by atoms with van der Waals surface area (Å²) in [5, 5.41) is 3.22. The zero-order valence-corrected chi connectivity index (χ0v) is 12.4. The van der Waals surface area contributed by atoms with Crippen molar-refractivity contribution in [3.05, 3.63) is 45.7 Å². The molecule has 3 nitrogen and oxygen atoms in total. The molecule has 0 unspecified atom stereocenters. The van der Waals surface area contributed by atoms with E-state index in [1.165, 1.54) is 12.2 Å². The summed E-state index contributed by atoms with van der Waals surface area (Å²) in [6, 6.07) is 9.54. The predicted molar refractivity (Wildman–Crippen MR) is 76.6 cm³/mol. The van der Waals surface area contributed by atoms with Gasteiger partial charge in [0, 0.05) is 27.5 Å². The zero-order chi connectivity index (χ0) is 13.1. The Morgan fingerprint density at radius 1 is 1.39 bits per heavy atom. The summed E-state index contributed by atoms with van der Waals surface area (Å²) >= 11 is 5.14. The number of amides is 1. The van der Waals surface area contributed by atoms with Crippen molar-refractivity contribution in [3.8, 4) is 10.4 Å². The Kier molecular flexibility index (Phi) is 4.16. The fraction of sp³-hybridized carbons (Fsp3) is 0.154. The molecule has 1 aromatic carbocycles. The van der Waals surface area contributed by atoms with Crippen LogP contribution in [-0.2, 0) is 4.84 Å². The number of hydrogen-bond donors (Lipinski definition) is 0. The smallest absolute Gasteiger partial charge is 0.274 e. The van der Waals surface area contributed by atoms with Crippen LogP contribution >= 0.6 is 27.3 Å². The first-order chi connectivity index (χ1) is 8.63. The third kappa shape index (κ3) is 2.63. The van der Waals surface area contributed by atoms with Gasteiger partial charge < -0.3 is 0 Å². The van der Waals surface area contributed by atoms with E-state index >= 15 is 0 Å². The van der Waals surface area contributed by atoms with E-state index in [9.17, 15) is 4.79 Å². The fourth-order valence-corrected chi connectivity index (χ4v) is 2.89. The second kappa shape index (κ2) is 5.65. The van der Waals surface area contributed by atoms with Crippen molar-refractivity contribution in [2.45, 2.75) is 0 Å². The number of rotatable bonds is 3. The number of halogens is 1. The lowest BCUT2D eigenvalue weighted by molar-refractivity contribution is -0.0756. The first-order valence-electron chi connectivity index (χ1n) is 5.29. The molecule has 0 atom stereocenters. The van der Waals surface area contributed by atoms with E-state index in [1.807, 2.05) is 29.6 Å². The molecule has 5 heteroatoms. The van der Waals surface area contributed by atoms with Crippen LogP contribution < -0.4 is 0 Å². The number of carbonyl (C=O) groups excluding carboxylic acids is 1. The van der Waals surface area contributed by atoms with Crippen molar-refractivity contribution in [1.82, 2.24) is 5.06 Å². The minimum atomic E-state index is -0.164.